The van der Waals surface area contributed by atoms with Crippen molar-refractivity contribution in [2.45, 2.75) is 65.6 Å². The molecule has 0 aliphatic heterocycles. The lowest BCUT2D eigenvalue weighted by Crippen LogP contribution is -2.37. The Labute approximate surface area is 289 Å². The molecule has 7 rings (SSSR count). The Balaban J connectivity index is 1.35. The predicted molar refractivity (Wildman–Crippen MR) is 211 cm³/mol. The first-order valence-corrected chi connectivity index (χ1v) is 21.1. The summed E-state index contributed by atoms with van der Waals surface area (Å²) >= 11 is 0. The molecule has 1 nitrogen and oxygen atoms in total. The van der Waals surface area contributed by atoms with Crippen LogP contribution in [-0.4, -0.2) is 8.07 Å². The summed E-state index contributed by atoms with van der Waals surface area (Å²) in [6, 6.07) is 50.3. The van der Waals surface area contributed by atoms with Gasteiger partial charge in [0.1, 0.15) is 0 Å². The van der Waals surface area contributed by atoms with Crippen LogP contribution in [-0.2, 0) is 18.3 Å². The zero-order chi connectivity index (χ0) is 33.6. The van der Waals surface area contributed by atoms with E-state index in [0.29, 0.717) is 0 Å². The Bertz CT molecular complexity index is 2100. The summed E-state index contributed by atoms with van der Waals surface area (Å²) < 4.78 is 0. The molecular weight excluding hydrogens is 595 g/mol. The van der Waals surface area contributed by atoms with Crippen molar-refractivity contribution in [3.05, 3.63) is 156 Å². The number of fused-ring (bicyclic) bond motifs is 3. The second-order valence-electron chi connectivity index (χ2n) is 14.8. The first kappa shape index (κ1) is 31.9. The van der Waals surface area contributed by atoms with Gasteiger partial charge in [0.05, 0.1) is 8.07 Å². The van der Waals surface area contributed by atoms with Crippen LogP contribution in [0, 0.1) is 0 Å². The van der Waals surface area contributed by atoms with Gasteiger partial charge < -0.3 is 4.90 Å². The van der Waals surface area contributed by atoms with Gasteiger partial charge in [-0.15, -0.1) is 0 Å². The summed E-state index contributed by atoms with van der Waals surface area (Å²) in [6.45, 7) is 16.5. The van der Waals surface area contributed by atoms with Crippen LogP contribution in [0.5, 0.6) is 0 Å². The molecule has 1 aliphatic rings. The van der Waals surface area contributed by atoms with Gasteiger partial charge in [0.25, 0.3) is 0 Å². The van der Waals surface area contributed by atoms with Gasteiger partial charge >= 0.3 is 0 Å². The third kappa shape index (κ3) is 5.63. The number of hydrogen-bond acceptors (Lipinski definition) is 1. The molecule has 0 N–H and O–H groups in total. The highest BCUT2D eigenvalue weighted by atomic mass is 28.3. The summed E-state index contributed by atoms with van der Waals surface area (Å²) in [6.07, 6.45) is 1.99. The number of aryl methyl sites for hydroxylation is 2. The highest BCUT2D eigenvalue weighted by Crippen LogP contribution is 2.50. The molecule has 0 atom stereocenters. The van der Waals surface area contributed by atoms with Gasteiger partial charge in [0, 0.05) is 22.5 Å². The van der Waals surface area contributed by atoms with Crippen LogP contribution < -0.4 is 10.1 Å². The van der Waals surface area contributed by atoms with Gasteiger partial charge in [-0.25, -0.2) is 0 Å². The molecular formula is C46H47NSi. The van der Waals surface area contributed by atoms with Gasteiger partial charge in [-0.05, 0) is 105 Å². The lowest BCUT2D eigenvalue weighted by Gasteiger charge is -2.29. The van der Waals surface area contributed by atoms with E-state index in [1.54, 1.807) is 0 Å². The maximum Gasteiger partial charge on any atom is 0.0775 e. The number of anilines is 3. The van der Waals surface area contributed by atoms with Crippen LogP contribution in [0.15, 0.2) is 133 Å². The molecule has 0 heterocycles. The maximum absolute atomic E-state index is 2.45. The lowest BCUT2D eigenvalue weighted by molar-refractivity contribution is 0.660. The Hall–Kier alpha value is -4.66. The molecule has 2 heteroatoms. The number of benzene rings is 6. The molecule has 240 valence electrons. The van der Waals surface area contributed by atoms with E-state index in [1.807, 2.05) is 0 Å². The van der Waals surface area contributed by atoms with Crippen LogP contribution >= 0.6 is 0 Å². The first-order chi connectivity index (χ1) is 23.1. The van der Waals surface area contributed by atoms with Gasteiger partial charge in [0.15, 0.2) is 0 Å². The minimum atomic E-state index is -1.34. The number of rotatable bonds is 8. The monoisotopic (exact) mass is 641 g/mol. The van der Waals surface area contributed by atoms with Gasteiger partial charge in [-0.3, -0.25) is 0 Å². The molecule has 6 aromatic carbocycles. The van der Waals surface area contributed by atoms with Crippen molar-refractivity contribution in [3.63, 3.8) is 0 Å². The summed E-state index contributed by atoms with van der Waals surface area (Å²) in [4.78, 5) is 2.45. The Morgan fingerprint density at radius 1 is 0.479 bits per heavy atom. The summed E-state index contributed by atoms with van der Waals surface area (Å²) in [5, 5.41) is 1.49. The minimum Gasteiger partial charge on any atom is -0.310 e. The quantitative estimate of drug-likeness (QED) is 0.149. The fourth-order valence-corrected chi connectivity index (χ4v) is 8.78. The second-order valence-corrected chi connectivity index (χ2v) is 19.9. The van der Waals surface area contributed by atoms with Crippen molar-refractivity contribution in [2.24, 2.45) is 0 Å². The van der Waals surface area contributed by atoms with Gasteiger partial charge in [-0.1, -0.05) is 150 Å². The SMILES string of the molecule is CCc1ccccc1-c1ccc(N(c2ccc(-c3ccc([Si](C)(C)C)cc3)cc2)c2ccc3c(c2)C(C)(C)c2ccccc2-3)cc1CC. The van der Waals surface area contributed by atoms with Gasteiger partial charge in [-0.2, -0.15) is 0 Å². The molecule has 6 aromatic rings. The van der Waals surface area contributed by atoms with Crippen molar-refractivity contribution in [2.75, 3.05) is 4.90 Å². The van der Waals surface area contributed by atoms with Crippen molar-refractivity contribution >= 4 is 30.3 Å². The normalized spacial score (nSPS) is 13.2. The Morgan fingerprint density at radius 2 is 0.979 bits per heavy atom. The third-order valence-electron chi connectivity index (χ3n) is 10.5. The molecule has 0 amide bonds. The number of nitrogens with zero attached hydrogens (tertiary/aromatic N) is 1. The van der Waals surface area contributed by atoms with Crippen molar-refractivity contribution < 1.29 is 0 Å². The molecule has 0 fully saturated rings. The molecule has 0 radical (unpaired) electrons. The van der Waals surface area contributed by atoms with E-state index in [-0.39, 0.29) is 5.41 Å². The van der Waals surface area contributed by atoms with E-state index in [1.165, 1.54) is 72.2 Å². The highest BCUT2D eigenvalue weighted by molar-refractivity contribution is 6.88. The molecule has 0 spiro atoms. The van der Waals surface area contributed by atoms with E-state index in [0.717, 1.165) is 18.5 Å². The minimum absolute atomic E-state index is 0.0676. The summed E-state index contributed by atoms with van der Waals surface area (Å²) in [5.41, 5.74) is 16.9. The van der Waals surface area contributed by atoms with E-state index >= 15 is 0 Å². The average molecular weight is 642 g/mol. The molecule has 0 unspecified atom stereocenters. The summed E-state index contributed by atoms with van der Waals surface area (Å²) in [5.74, 6) is 0. The predicted octanol–water partition coefficient (Wildman–Crippen LogP) is 12.5. The zero-order valence-corrected chi connectivity index (χ0v) is 30.6. The topological polar surface area (TPSA) is 3.24 Å². The summed E-state index contributed by atoms with van der Waals surface area (Å²) in [7, 11) is -1.34. The molecule has 1 aliphatic carbocycles. The van der Waals surface area contributed by atoms with Crippen molar-refractivity contribution in [1.82, 2.24) is 0 Å². The molecule has 0 bridgehead atoms. The Morgan fingerprint density at radius 3 is 1.62 bits per heavy atom. The van der Waals surface area contributed by atoms with Crippen LogP contribution in [0.2, 0.25) is 19.6 Å². The van der Waals surface area contributed by atoms with E-state index in [2.05, 4.69) is 186 Å². The van der Waals surface area contributed by atoms with E-state index < -0.39 is 8.07 Å². The first-order valence-electron chi connectivity index (χ1n) is 17.6. The smallest absolute Gasteiger partial charge is 0.0775 e. The second kappa shape index (κ2) is 12.4. The van der Waals surface area contributed by atoms with Gasteiger partial charge in [0.2, 0.25) is 0 Å². The number of hydrogen-bond donors (Lipinski definition) is 0. The lowest BCUT2D eigenvalue weighted by atomic mass is 9.82. The highest BCUT2D eigenvalue weighted by Gasteiger charge is 2.35. The Kier molecular flexibility index (Phi) is 8.25. The molecule has 0 saturated carbocycles. The van der Waals surface area contributed by atoms with Crippen molar-refractivity contribution in [1.29, 1.82) is 0 Å². The fraction of sp³-hybridized carbons (Fsp3) is 0.217. The zero-order valence-electron chi connectivity index (χ0n) is 29.6. The third-order valence-corrected chi connectivity index (χ3v) is 12.5. The maximum atomic E-state index is 2.45. The van der Waals surface area contributed by atoms with E-state index in [4.69, 9.17) is 0 Å². The van der Waals surface area contributed by atoms with Crippen LogP contribution in [0.3, 0.4) is 0 Å². The standard InChI is InChI=1S/C46H47NSi/c1-8-32-14-10-11-15-40(32)41-28-24-37(30-33(41)9-2)47(36-22-18-34(19-23-36)35-20-26-39(27-21-35)48(5,6)7)38-25-29-43-42-16-12-13-17-44(42)46(3,4)45(43)31-38/h10-31H,8-9H2,1-7H3. The van der Waals surface area contributed by atoms with Crippen molar-refractivity contribution in [3.8, 4) is 33.4 Å². The average Bonchev–Trinajstić information content (AvgIpc) is 3.34. The molecule has 48 heavy (non-hydrogen) atoms. The molecule has 0 aromatic heterocycles. The van der Waals surface area contributed by atoms with Crippen LogP contribution in [0.1, 0.15) is 49.9 Å². The largest absolute Gasteiger partial charge is 0.310 e. The van der Waals surface area contributed by atoms with E-state index in [9.17, 15) is 0 Å². The molecule has 0 saturated heterocycles. The fourth-order valence-electron chi connectivity index (χ4n) is 7.61. The van der Waals surface area contributed by atoms with Crippen LogP contribution in [0.25, 0.3) is 33.4 Å². The van der Waals surface area contributed by atoms with Crippen LogP contribution in [0.4, 0.5) is 17.1 Å².